The number of pyridine rings is 1. The molecule has 0 aliphatic heterocycles. The first-order chi connectivity index (χ1) is 11.9. The van der Waals surface area contributed by atoms with Gasteiger partial charge in [-0.15, -0.1) is 6.58 Å². The van der Waals surface area contributed by atoms with Crippen molar-refractivity contribution in [1.82, 2.24) is 0 Å². The highest BCUT2D eigenvalue weighted by atomic mass is 79.9. The van der Waals surface area contributed by atoms with Crippen molar-refractivity contribution in [1.29, 1.82) is 0 Å². The van der Waals surface area contributed by atoms with E-state index in [2.05, 4.69) is 27.5 Å². The molecule has 0 bridgehead atoms. The van der Waals surface area contributed by atoms with Crippen LogP contribution in [0.3, 0.4) is 0 Å². The van der Waals surface area contributed by atoms with Gasteiger partial charge in [0.15, 0.2) is 12.4 Å². The van der Waals surface area contributed by atoms with E-state index in [0.717, 1.165) is 10.2 Å². The number of ketones is 1. The Morgan fingerprint density at radius 1 is 1.36 bits per heavy atom. The quantitative estimate of drug-likeness (QED) is 0.173. The smallest absolute Gasteiger partial charge is 0.237 e. The number of anilines is 1. The minimum atomic E-state index is -0.666. The van der Waals surface area contributed by atoms with Crippen molar-refractivity contribution in [2.75, 3.05) is 25.5 Å². The van der Waals surface area contributed by atoms with Crippen molar-refractivity contribution in [2.24, 2.45) is 4.99 Å². The number of rotatable bonds is 7. The molecular weight excluding hydrogens is 398 g/mol. The molecule has 0 spiro atoms. The van der Waals surface area contributed by atoms with Gasteiger partial charge in [0.1, 0.15) is 0 Å². The Balaban J connectivity index is 2.45. The highest BCUT2D eigenvalue weighted by Crippen LogP contribution is 2.17. The van der Waals surface area contributed by atoms with E-state index in [9.17, 15) is 4.79 Å². The van der Waals surface area contributed by atoms with E-state index in [0.29, 0.717) is 17.2 Å². The molecule has 2 aromatic rings. The Hall–Kier alpha value is -2.05. The number of hydrogen-bond donors (Lipinski definition) is 0. The first-order valence-corrected chi connectivity index (χ1v) is 8.94. The van der Waals surface area contributed by atoms with Crippen LogP contribution in [0.2, 0.25) is 0 Å². The zero-order chi connectivity index (χ0) is 18.4. The molecule has 0 fully saturated rings. The van der Waals surface area contributed by atoms with Gasteiger partial charge < -0.3 is 22.5 Å². The van der Waals surface area contributed by atoms with Crippen LogP contribution < -0.4 is 9.47 Å². The summed E-state index contributed by atoms with van der Waals surface area (Å²) in [6.07, 6.45) is 5.37. The van der Waals surface area contributed by atoms with Crippen molar-refractivity contribution < 1.29 is 9.36 Å². The number of aliphatic imine (C=N–C) groups is 1. The second-order valence-electron chi connectivity index (χ2n) is 5.64. The minimum absolute atomic E-state index is 0.0956. The van der Waals surface area contributed by atoms with Gasteiger partial charge in [-0.1, -0.05) is 34.1 Å². The van der Waals surface area contributed by atoms with Crippen molar-refractivity contribution in [3.63, 3.8) is 0 Å². The van der Waals surface area contributed by atoms with Crippen LogP contribution in [0, 0.1) is 0 Å². The number of carbonyl (C=O) groups excluding carboxylic acids is 1. The molecule has 25 heavy (non-hydrogen) atoms. The van der Waals surface area contributed by atoms with Gasteiger partial charge in [-0.3, -0.25) is 4.79 Å². The molecule has 1 aromatic heterocycles. The Bertz CT molecular complexity index is 788. The predicted octanol–water partition coefficient (Wildman–Crippen LogP) is 3.36. The molecule has 0 aliphatic rings. The minimum Gasteiger partial charge on any atom is -0.758 e. The van der Waals surface area contributed by atoms with Crippen molar-refractivity contribution >= 4 is 45.1 Å². The molecule has 0 N–H and O–H groups in total. The first kappa shape index (κ1) is 19.3. The number of hydrogen-bond acceptors (Lipinski definition) is 4. The van der Waals surface area contributed by atoms with Crippen molar-refractivity contribution in [3.8, 4) is 0 Å². The normalized spacial score (nSPS) is 12.5. The van der Waals surface area contributed by atoms with E-state index in [4.69, 9.17) is 12.6 Å². The van der Waals surface area contributed by atoms with E-state index >= 15 is 0 Å². The van der Waals surface area contributed by atoms with Gasteiger partial charge in [-0.2, -0.15) is 4.57 Å². The molecule has 0 radical (unpaired) electrons. The van der Waals surface area contributed by atoms with Gasteiger partial charge in [-0.25, -0.2) is 0 Å². The summed E-state index contributed by atoms with van der Waals surface area (Å²) in [6, 6.07) is 10.5. The third kappa shape index (κ3) is 4.96. The summed E-state index contributed by atoms with van der Waals surface area (Å²) in [7, 11) is 3.93. The van der Waals surface area contributed by atoms with Crippen LogP contribution in [0.1, 0.15) is 16.4 Å². The molecule has 0 aliphatic carbocycles. The highest BCUT2D eigenvalue weighted by Gasteiger charge is 2.28. The number of carbonyl (C=O) groups is 1. The fourth-order valence-corrected chi connectivity index (χ4v) is 3.02. The number of Topliss-reactive ketones (excluding diaryl/α,β-unsaturated/α-hetero) is 1. The molecule has 2 rings (SSSR count). The standard InChI is InChI=1S/C19H20BrN3OS/c1-4-10-21-19(25)17(18(24)14-6-5-7-15(20)13-14)23-11-8-16(9-12-23)22(2)3/h4-9,11-13,17H,1,10H2,2-3H3/t17-/m0/s1. The van der Waals surface area contributed by atoms with Crippen molar-refractivity contribution in [2.45, 2.75) is 6.04 Å². The molecule has 1 atom stereocenters. The summed E-state index contributed by atoms with van der Waals surface area (Å²) in [6.45, 7) is 4.04. The van der Waals surface area contributed by atoms with Gasteiger partial charge in [0.2, 0.25) is 11.8 Å². The van der Waals surface area contributed by atoms with Crippen LogP contribution in [0.15, 0.2) is 70.9 Å². The average Bonchev–Trinajstić information content (AvgIpc) is 2.60. The fraction of sp³-hybridized carbons (Fsp3) is 0.211. The number of nitrogens with zero attached hydrogens (tertiary/aromatic N) is 3. The van der Waals surface area contributed by atoms with Gasteiger partial charge in [0, 0.05) is 42.0 Å². The van der Waals surface area contributed by atoms with E-state index in [-0.39, 0.29) is 5.78 Å². The highest BCUT2D eigenvalue weighted by molar-refractivity contribution is 9.10. The molecule has 1 aromatic carbocycles. The molecule has 0 unspecified atom stereocenters. The topological polar surface area (TPSA) is 36.6 Å². The molecular formula is C19H20BrN3OS. The molecule has 0 amide bonds. The zero-order valence-corrected chi connectivity index (χ0v) is 16.6. The Kier molecular flexibility index (Phi) is 6.84. The maximum absolute atomic E-state index is 13.1. The van der Waals surface area contributed by atoms with Crippen LogP contribution >= 0.6 is 15.9 Å². The zero-order valence-electron chi connectivity index (χ0n) is 14.2. The maximum Gasteiger partial charge on any atom is 0.237 e. The van der Waals surface area contributed by atoms with E-state index in [1.807, 2.05) is 55.7 Å². The largest absolute Gasteiger partial charge is 0.758 e. The van der Waals surface area contributed by atoms with E-state index < -0.39 is 6.04 Å². The van der Waals surface area contributed by atoms with Gasteiger partial charge in [0.05, 0.1) is 6.54 Å². The molecule has 0 saturated carbocycles. The van der Waals surface area contributed by atoms with Gasteiger partial charge in [-0.05, 0) is 17.2 Å². The van der Waals surface area contributed by atoms with E-state index in [1.165, 1.54) is 0 Å². The summed E-state index contributed by atoms with van der Waals surface area (Å²) in [5.41, 5.74) is 1.62. The number of benzene rings is 1. The Morgan fingerprint density at radius 3 is 2.60 bits per heavy atom. The summed E-state index contributed by atoms with van der Waals surface area (Å²) < 4.78 is 2.64. The number of halogens is 1. The van der Waals surface area contributed by atoms with Crippen LogP contribution in [-0.4, -0.2) is 31.5 Å². The second kappa shape index (κ2) is 8.87. The SMILES string of the molecule is C=CCN=C([S-])[C@H](C(=O)c1cccc(Br)c1)[n+]1ccc(N(C)C)cc1. The van der Waals surface area contributed by atoms with Gasteiger partial charge >= 0.3 is 0 Å². The van der Waals surface area contributed by atoms with Crippen LogP contribution in [0.5, 0.6) is 0 Å². The Morgan fingerprint density at radius 2 is 2.04 bits per heavy atom. The lowest BCUT2D eigenvalue weighted by Crippen LogP contribution is -2.47. The third-order valence-electron chi connectivity index (χ3n) is 3.62. The first-order valence-electron chi connectivity index (χ1n) is 7.74. The fourth-order valence-electron chi connectivity index (χ4n) is 2.32. The molecule has 6 heteroatoms. The van der Waals surface area contributed by atoms with Crippen molar-refractivity contribution in [3.05, 3.63) is 71.5 Å². The predicted molar refractivity (Wildman–Crippen MR) is 108 cm³/mol. The lowest BCUT2D eigenvalue weighted by atomic mass is 10.0. The van der Waals surface area contributed by atoms with Crippen LogP contribution in [0.4, 0.5) is 5.69 Å². The summed E-state index contributed by atoms with van der Waals surface area (Å²) >= 11 is 8.84. The lowest BCUT2D eigenvalue weighted by molar-refractivity contribution is -0.691. The summed E-state index contributed by atoms with van der Waals surface area (Å²) in [5.74, 6) is -0.0956. The lowest BCUT2D eigenvalue weighted by Gasteiger charge is -2.19. The monoisotopic (exact) mass is 417 g/mol. The third-order valence-corrected chi connectivity index (χ3v) is 4.46. The maximum atomic E-state index is 13.1. The second-order valence-corrected chi connectivity index (χ2v) is 6.98. The number of aromatic nitrogens is 1. The molecule has 130 valence electrons. The van der Waals surface area contributed by atoms with Crippen LogP contribution in [0.25, 0.3) is 0 Å². The van der Waals surface area contributed by atoms with E-state index in [1.54, 1.807) is 22.8 Å². The molecule has 4 nitrogen and oxygen atoms in total. The summed E-state index contributed by atoms with van der Waals surface area (Å²) in [4.78, 5) is 19.4. The molecule has 1 heterocycles. The van der Waals surface area contributed by atoms with Crippen LogP contribution in [-0.2, 0) is 12.6 Å². The van der Waals surface area contributed by atoms with Gasteiger partial charge in [0.25, 0.3) is 0 Å². The average molecular weight is 418 g/mol. The molecule has 0 saturated heterocycles. The summed E-state index contributed by atoms with van der Waals surface area (Å²) in [5, 5.41) is 0.340. The Labute approximate surface area is 162 Å².